The van der Waals surface area contributed by atoms with Gasteiger partial charge in [-0.1, -0.05) is 84.6 Å². The number of ether oxygens (including phenoxy) is 1. The fraction of sp³-hybridized carbons (Fsp3) is 0.541. The third-order valence-corrected chi connectivity index (χ3v) is 5.84. The van der Waals surface area contributed by atoms with Gasteiger partial charge in [0.1, 0.15) is 11.6 Å². The second kappa shape index (κ2) is 30.9. The number of hydrogen-bond donors (Lipinski definition) is 1. The lowest BCUT2D eigenvalue weighted by atomic mass is 10.0. The van der Waals surface area contributed by atoms with E-state index >= 15 is 0 Å². The molecule has 5 nitrogen and oxygen atoms in total. The molecule has 5 heteroatoms. The van der Waals surface area contributed by atoms with Crippen molar-refractivity contribution in [1.29, 1.82) is 0 Å². The molecule has 0 bridgehead atoms. The van der Waals surface area contributed by atoms with Crippen molar-refractivity contribution in [1.82, 2.24) is 0 Å². The minimum Gasteiger partial charge on any atom is -0.400 e. The van der Waals surface area contributed by atoms with Crippen LogP contribution in [0.3, 0.4) is 0 Å². The van der Waals surface area contributed by atoms with Crippen LogP contribution < -0.4 is 0 Å². The number of carbonyl (C=O) groups excluding carboxylic acids is 3. The van der Waals surface area contributed by atoms with Crippen LogP contribution in [-0.4, -0.2) is 41.8 Å². The zero-order valence-electron chi connectivity index (χ0n) is 29.1. The smallest absolute Gasteiger partial charge is 0.159 e. The summed E-state index contributed by atoms with van der Waals surface area (Å²) in [7, 11) is 1.00. The van der Waals surface area contributed by atoms with Gasteiger partial charge >= 0.3 is 0 Å². The fourth-order valence-electron chi connectivity index (χ4n) is 2.63. The molecule has 0 aromatic heterocycles. The first-order valence-corrected chi connectivity index (χ1v) is 15.3. The van der Waals surface area contributed by atoms with E-state index < -0.39 is 5.92 Å². The molecular formula is C37H60O5. The van der Waals surface area contributed by atoms with Crippen molar-refractivity contribution < 1.29 is 24.2 Å². The molecule has 0 aliphatic rings. The van der Waals surface area contributed by atoms with E-state index in [2.05, 4.69) is 58.6 Å². The summed E-state index contributed by atoms with van der Waals surface area (Å²) in [5.41, 5.74) is 3.96. The highest BCUT2D eigenvalue weighted by atomic mass is 16.5. The molecule has 2 aromatic rings. The van der Waals surface area contributed by atoms with Gasteiger partial charge in [-0.3, -0.25) is 14.4 Å². The molecule has 0 spiro atoms. The molecule has 2 rings (SSSR count). The van der Waals surface area contributed by atoms with Gasteiger partial charge in [-0.2, -0.15) is 0 Å². The van der Waals surface area contributed by atoms with Gasteiger partial charge in [0.15, 0.2) is 5.78 Å². The van der Waals surface area contributed by atoms with Crippen molar-refractivity contribution in [2.24, 2.45) is 5.92 Å². The summed E-state index contributed by atoms with van der Waals surface area (Å²) in [6, 6.07) is 15.7. The maximum atomic E-state index is 11.2. The quantitative estimate of drug-likeness (QED) is 0.190. The molecule has 0 saturated carbocycles. The van der Waals surface area contributed by atoms with Crippen LogP contribution in [0.4, 0.5) is 0 Å². The lowest BCUT2D eigenvalue weighted by Gasteiger charge is -2.15. The summed E-state index contributed by atoms with van der Waals surface area (Å²) < 4.78 is 5.55. The number of aliphatic hydroxyl groups is 1. The molecule has 0 heterocycles. The number of carbonyl (C=O) groups is 3. The molecule has 0 amide bonds. The van der Waals surface area contributed by atoms with Gasteiger partial charge in [0.05, 0.1) is 18.1 Å². The lowest BCUT2D eigenvalue weighted by molar-refractivity contribution is -0.129. The number of rotatable bonds is 8. The maximum absolute atomic E-state index is 11.2. The molecule has 2 aromatic carbocycles. The topological polar surface area (TPSA) is 80.7 Å². The van der Waals surface area contributed by atoms with Gasteiger partial charge in [-0.05, 0) is 90.6 Å². The number of aryl methyl sites for hydroxylation is 1. The minimum atomic E-state index is -0.407. The Kier molecular flexibility index (Phi) is 33.7. The molecular weight excluding hydrogens is 524 g/mol. The minimum absolute atomic E-state index is 0.0579. The maximum Gasteiger partial charge on any atom is 0.159 e. The number of benzene rings is 2. The largest absolute Gasteiger partial charge is 0.400 e. The Balaban J connectivity index is -0.000000265. The van der Waals surface area contributed by atoms with Crippen LogP contribution in [0.15, 0.2) is 48.5 Å². The second-order valence-corrected chi connectivity index (χ2v) is 8.95. The number of Topliss-reactive ketones (excluding diaryl/α,β-unsaturated/α-hetero) is 3. The van der Waals surface area contributed by atoms with E-state index in [4.69, 9.17) is 9.84 Å². The van der Waals surface area contributed by atoms with Crippen molar-refractivity contribution in [2.75, 3.05) is 7.11 Å². The first-order chi connectivity index (χ1) is 19.9. The van der Waals surface area contributed by atoms with E-state index in [1.54, 1.807) is 13.8 Å². The Morgan fingerprint density at radius 2 is 1.00 bits per heavy atom. The van der Waals surface area contributed by atoms with Crippen LogP contribution >= 0.6 is 0 Å². The van der Waals surface area contributed by atoms with Crippen LogP contribution in [0.2, 0.25) is 0 Å². The van der Waals surface area contributed by atoms with Crippen molar-refractivity contribution in [3.63, 3.8) is 0 Å². The van der Waals surface area contributed by atoms with Crippen molar-refractivity contribution in [3.8, 4) is 11.8 Å². The van der Waals surface area contributed by atoms with Crippen LogP contribution in [-0.2, 0) is 20.7 Å². The zero-order valence-corrected chi connectivity index (χ0v) is 29.1. The van der Waals surface area contributed by atoms with Crippen molar-refractivity contribution in [2.45, 2.75) is 121 Å². The first-order valence-electron chi connectivity index (χ1n) is 15.3. The average Bonchev–Trinajstić information content (AvgIpc) is 3.03. The highest BCUT2D eigenvalue weighted by Crippen LogP contribution is 2.06. The normalized spacial score (nSPS) is 10.3. The molecule has 0 fully saturated rings. The summed E-state index contributed by atoms with van der Waals surface area (Å²) in [4.78, 5) is 31.9. The van der Waals surface area contributed by atoms with Gasteiger partial charge in [0, 0.05) is 23.8 Å². The summed E-state index contributed by atoms with van der Waals surface area (Å²) in [6.07, 6.45) is 4.13. The Bertz CT molecular complexity index is 973. The molecule has 2 atom stereocenters. The molecule has 0 aliphatic carbocycles. The van der Waals surface area contributed by atoms with Crippen LogP contribution in [0.1, 0.15) is 130 Å². The summed E-state index contributed by atoms with van der Waals surface area (Å²) in [5.74, 6) is 5.78. The summed E-state index contributed by atoms with van der Waals surface area (Å²) in [5, 5.41) is 7.00. The van der Waals surface area contributed by atoms with Gasteiger partial charge in [0.2, 0.25) is 0 Å². The molecule has 238 valence electrons. The summed E-state index contributed by atoms with van der Waals surface area (Å²) in [6.45, 7) is 24.7. The number of hydrogen-bond acceptors (Lipinski definition) is 5. The molecule has 0 saturated heterocycles. The monoisotopic (exact) mass is 584 g/mol. The van der Waals surface area contributed by atoms with E-state index in [9.17, 15) is 14.4 Å². The Hall–Kier alpha value is -3.07. The Morgan fingerprint density at radius 1 is 0.667 bits per heavy atom. The standard InChI is InChI=1S/C18H16O.C8H18O.C6H10O2.2C2H6.CH4O/c1-3-15-4-6-16(7-5-15)8-9-17-10-12-18(13-11-17)14(2)19;1-5-7(3)9-8(4)6-2;1-4(5(2)7)6(3)8;3*1-2/h4-7,10-13H,3H2,1-2H3;7-8H,5-6H2,1-4H3;4H,1-3H3;2*1-2H3;2H,1H3. The third-order valence-electron chi connectivity index (χ3n) is 5.84. The molecule has 1 N–H and O–H groups in total. The zero-order chi connectivity index (χ0) is 33.7. The van der Waals surface area contributed by atoms with Crippen LogP contribution in [0.25, 0.3) is 0 Å². The lowest BCUT2D eigenvalue weighted by Crippen LogP contribution is -2.14. The van der Waals surface area contributed by atoms with Gasteiger partial charge < -0.3 is 9.84 Å². The van der Waals surface area contributed by atoms with Crippen LogP contribution in [0, 0.1) is 17.8 Å². The van der Waals surface area contributed by atoms with E-state index in [1.807, 2.05) is 64.1 Å². The highest BCUT2D eigenvalue weighted by Gasteiger charge is 2.11. The van der Waals surface area contributed by atoms with E-state index in [0.717, 1.165) is 43.1 Å². The number of aliphatic hydroxyl groups excluding tert-OH is 1. The SMILES string of the molecule is CC.CC.CC(=O)C(C)C(C)=O.CCC(C)OC(C)CC.CCc1ccc(C#Cc2ccc(C(C)=O)cc2)cc1.CO. The third kappa shape index (κ3) is 24.7. The fourth-order valence-corrected chi connectivity index (χ4v) is 2.63. The average molecular weight is 585 g/mol. The molecule has 0 aliphatic heterocycles. The number of ketones is 3. The highest BCUT2D eigenvalue weighted by molar-refractivity contribution is 5.99. The van der Waals surface area contributed by atoms with Gasteiger partial charge in [0.25, 0.3) is 0 Å². The predicted octanol–water partition coefficient (Wildman–Crippen LogP) is 8.91. The van der Waals surface area contributed by atoms with E-state index in [0.29, 0.717) is 12.2 Å². The first kappa shape index (κ1) is 45.9. The predicted molar refractivity (Wildman–Crippen MR) is 180 cm³/mol. The summed E-state index contributed by atoms with van der Waals surface area (Å²) >= 11 is 0. The van der Waals surface area contributed by atoms with Crippen LogP contribution in [0.5, 0.6) is 0 Å². The van der Waals surface area contributed by atoms with E-state index in [1.165, 1.54) is 19.4 Å². The molecule has 0 radical (unpaired) electrons. The van der Waals surface area contributed by atoms with Crippen molar-refractivity contribution >= 4 is 17.3 Å². The van der Waals surface area contributed by atoms with Crippen molar-refractivity contribution in [3.05, 3.63) is 70.8 Å². The van der Waals surface area contributed by atoms with E-state index in [-0.39, 0.29) is 17.3 Å². The molecule has 42 heavy (non-hydrogen) atoms. The second-order valence-electron chi connectivity index (χ2n) is 8.95. The van der Waals surface area contributed by atoms with Gasteiger partial charge in [-0.25, -0.2) is 0 Å². The van der Waals surface area contributed by atoms with Gasteiger partial charge in [-0.15, -0.1) is 0 Å². The molecule has 2 unspecified atom stereocenters. The Labute approximate surface area is 258 Å². The Morgan fingerprint density at radius 3 is 1.24 bits per heavy atom.